The molecule has 0 aromatic heterocycles. The second-order valence-corrected chi connectivity index (χ2v) is 3.55. The summed E-state index contributed by atoms with van der Waals surface area (Å²) < 4.78 is 0. The van der Waals surface area contributed by atoms with Crippen LogP contribution in [0, 0.1) is 0 Å². The first-order chi connectivity index (χ1) is 6.63. The summed E-state index contributed by atoms with van der Waals surface area (Å²) in [6.45, 7) is 3.06. The molecule has 1 saturated heterocycles. The van der Waals surface area contributed by atoms with Gasteiger partial charge in [-0.2, -0.15) is 0 Å². The van der Waals surface area contributed by atoms with Crippen molar-refractivity contribution in [1.29, 1.82) is 0 Å². The molecule has 1 fully saturated rings. The number of carbonyl (C=O) groups is 2. The molecule has 3 N–H and O–H groups in total. The molecule has 14 heavy (non-hydrogen) atoms. The quantitative estimate of drug-likeness (QED) is 0.603. The number of likely N-dealkylation sites (tertiary alicyclic amines) is 1. The van der Waals surface area contributed by atoms with E-state index in [0.29, 0.717) is 0 Å². The van der Waals surface area contributed by atoms with Crippen LogP contribution in [0.5, 0.6) is 0 Å². The molecule has 0 bridgehead atoms. The van der Waals surface area contributed by atoms with Gasteiger partial charge in [0, 0.05) is 26.1 Å². The van der Waals surface area contributed by atoms with Crippen molar-refractivity contribution in [3.05, 3.63) is 0 Å². The molecule has 0 aliphatic carbocycles. The van der Waals surface area contributed by atoms with Crippen molar-refractivity contribution in [2.24, 2.45) is 5.73 Å². The topological polar surface area (TPSA) is 75.4 Å². The predicted octanol–water partition coefficient (Wildman–Crippen LogP) is -0.928. The zero-order valence-electron chi connectivity index (χ0n) is 8.45. The third-order valence-electron chi connectivity index (χ3n) is 2.49. The van der Waals surface area contributed by atoms with Crippen LogP contribution in [0.4, 0.5) is 0 Å². The van der Waals surface area contributed by atoms with E-state index in [9.17, 15) is 9.59 Å². The summed E-state index contributed by atoms with van der Waals surface area (Å²) >= 11 is 0. The van der Waals surface area contributed by atoms with E-state index >= 15 is 0 Å². The van der Waals surface area contributed by atoms with Crippen molar-refractivity contribution in [3.63, 3.8) is 0 Å². The number of hydrogen-bond acceptors (Lipinski definition) is 3. The molecule has 1 aliphatic rings. The summed E-state index contributed by atoms with van der Waals surface area (Å²) in [6.07, 6.45) is 1.65. The van der Waals surface area contributed by atoms with E-state index in [2.05, 4.69) is 5.32 Å². The van der Waals surface area contributed by atoms with Gasteiger partial charge in [0.05, 0.1) is 6.54 Å². The van der Waals surface area contributed by atoms with E-state index in [1.54, 1.807) is 11.8 Å². The van der Waals surface area contributed by atoms with Gasteiger partial charge in [0.2, 0.25) is 11.8 Å². The highest BCUT2D eigenvalue weighted by molar-refractivity contribution is 5.78. The SMILES string of the molecule is CC(=O)N1CCC(NC(=O)CN)CC1. The fourth-order valence-electron chi connectivity index (χ4n) is 1.63. The Labute approximate surface area is 83.6 Å². The molecule has 0 atom stereocenters. The largest absolute Gasteiger partial charge is 0.352 e. The molecule has 0 radical (unpaired) electrons. The number of hydrogen-bond donors (Lipinski definition) is 2. The van der Waals surface area contributed by atoms with Crippen molar-refractivity contribution in [1.82, 2.24) is 10.2 Å². The molecule has 0 aromatic rings. The Morgan fingerprint density at radius 3 is 2.43 bits per heavy atom. The highest BCUT2D eigenvalue weighted by Crippen LogP contribution is 2.09. The number of carbonyl (C=O) groups excluding carboxylic acids is 2. The van der Waals surface area contributed by atoms with E-state index in [-0.39, 0.29) is 24.4 Å². The van der Waals surface area contributed by atoms with Crippen molar-refractivity contribution in [2.75, 3.05) is 19.6 Å². The fourth-order valence-corrected chi connectivity index (χ4v) is 1.63. The van der Waals surface area contributed by atoms with Gasteiger partial charge >= 0.3 is 0 Å². The Kier molecular flexibility index (Phi) is 3.88. The van der Waals surface area contributed by atoms with Crippen LogP contribution < -0.4 is 11.1 Å². The van der Waals surface area contributed by atoms with Crippen LogP contribution in [0.15, 0.2) is 0 Å². The smallest absolute Gasteiger partial charge is 0.233 e. The van der Waals surface area contributed by atoms with E-state index in [4.69, 9.17) is 5.73 Å². The van der Waals surface area contributed by atoms with Crippen LogP contribution in [0.3, 0.4) is 0 Å². The van der Waals surface area contributed by atoms with Gasteiger partial charge in [-0.05, 0) is 12.8 Å². The second kappa shape index (κ2) is 4.95. The molecule has 1 heterocycles. The van der Waals surface area contributed by atoms with E-state index in [0.717, 1.165) is 25.9 Å². The summed E-state index contributed by atoms with van der Waals surface area (Å²) in [7, 11) is 0. The maximum Gasteiger partial charge on any atom is 0.233 e. The van der Waals surface area contributed by atoms with Gasteiger partial charge in [0.1, 0.15) is 0 Å². The lowest BCUT2D eigenvalue weighted by atomic mass is 10.1. The van der Waals surface area contributed by atoms with Gasteiger partial charge in [-0.15, -0.1) is 0 Å². The van der Waals surface area contributed by atoms with Gasteiger partial charge in [-0.3, -0.25) is 9.59 Å². The van der Waals surface area contributed by atoms with Gasteiger partial charge in [0.25, 0.3) is 0 Å². The standard InChI is InChI=1S/C9H17N3O2/c1-7(13)12-4-2-8(3-5-12)11-9(14)6-10/h8H,2-6,10H2,1H3,(H,11,14). The number of piperidine rings is 1. The van der Waals surface area contributed by atoms with Crippen LogP contribution in [0.2, 0.25) is 0 Å². The van der Waals surface area contributed by atoms with Crippen LogP contribution in [-0.4, -0.2) is 42.4 Å². The lowest BCUT2D eigenvalue weighted by molar-refractivity contribution is -0.130. The average Bonchev–Trinajstić information content (AvgIpc) is 2.18. The highest BCUT2D eigenvalue weighted by Gasteiger charge is 2.21. The third kappa shape index (κ3) is 2.99. The molecular weight excluding hydrogens is 182 g/mol. The Balaban J connectivity index is 2.29. The molecule has 0 spiro atoms. The molecule has 0 saturated carbocycles. The molecule has 2 amide bonds. The number of nitrogens with zero attached hydrogens (tertiary/aromatic N) is 1. The fraction of sp³-hybridized carbons (Fsp3) is 0.778. The first kappa shape index (κ1) is 11.0. The Hall–Kier alpha value is -1.10. The summed E-state index contributed by atoms with van der Waals surface area (Å²) in [5.41, 5.74) is 5.19. The van der Waals surface area contributed by atoms with Crippen molar-refractivity contribution >= 4 is 11.8 Å². The highest BCUT2D eigenvalue weighted by atomic mass is 16.2. The molecular formula is C9H17N3O2. The first-order valence-electron chi connectivity index (χ1n) is 4.88. The van der Waals surface area contributed by atoms with Crippen LogP contribution in [0.1, 0.15) is 19.8 Å². The minimum Gasteiger partial charge on any atom is -0.352 e. The Bertz CT molecular complexity index is 222. The number of nitrogens with one attached hydrogen (secondary N) is 1. The van der Waals surface area contributed by atoms with Gasteiger partial charge in [-0.1, -0.05) is 0 Å². The van der Waals surface area contributed by atoms with Gasteiger partial charge < -0.3 is 16.0 Å². The van der Waals surface area contributed by atoms with Gasteiger partial charge in [-0.25, -0.2) is 0 Å². The zero-order chi connectivity index (χ0) is 10.6. The van der Waals surface area contributed by atoms with Crippen LogP contribution in [-0.2, 0) is 9.59 Å². The van der Waals surface area contributed by atoms with Crippen LogP contribution in [0.25, 0.3) is 0 Å². The third-order valence-corrected chi connectivity index (χ3v) is 2.49. The van der Waals surface area contributed by atoms with E-state index in [1.807, 2.05) is 0 Å². The van der Waals surface area contributed by atoms with Crippen molar-refractivity contribution in [3.8, 4) is 0 Å². The predicted molar refractivity (Wildman–Crippen MR) is 52.5 cm³/mol. The van der Waals surface area contributed by atoms with E-state index < -0.39 is 0 Å². The van der Waals surface area contributed by atoms with Crippen molar-refractivity contribution < 1.29 is 9.59 Å². The van der Waals surface area contributed by atoms with Crippen molar-refractivity contribution in [2.45, 2.75) is 25.8 Å². The minimum atomic E-state index is -0.119. The summed E-state index contributed by atoms with van der Waals surface area (Å²) in [5, 5.41) is 2.83. The average molecular weight is 199 g/mol. The summed E-state index contributed by atoms with van der Waals surface area (Å²) in [6, 6.07) is 0.182. The lowest BCUT2D eigenvalue weighted by Crippen LogP contribution is -2.47. The zero-order valence-corrected chi connectivity index (χ0v) is 8.45. The summed E-state index contributed by atoms with van der Waals surface area (Å²) in [5.74, 6) is -0.0140. The monoisotopic (exact) mass is 199 g/mol. The molecule has 80 valence electrons. The second-order valence-electron chi connectivity index (χ2n) is 3.55. The Morgan fingerprint density at radius 1 is 1.43 bits per heavy atom. The van der Waals surface area contributed by atoms with E-state index in [1.165, 1.54) is 0 Å². The van der Waals surface area contributed by atoms with Crippen LogP contribution >= 0.6 is 0 Å². The molecule has 5 heteroatoms. The molecule has 1 rings (SSSR count). The maximum atomic E-state index is 11.0. The minimum absolute atomic E-state index is 0.0346. The molecule has 0 aromatic carbocycles. The molecule has 1 aliphatic heterocycles. The molecule has 0 unspecified atom stereocenters. The summed E-state index contributed by atoms with van der Waals surface area (Å²) in [4.78, 5) is 23.8. The first-order valence-corrected chi connectivity index (χ1v) is 4.88. The number of amides is 2. The lowest BCUT2D eigenvalue weighted by Gasteiger charge is -2.31. The Morgan fingerprint density at radius 2 is 2.00 bits per heavy atom. The molecule has 5 nitrogen and oxygen atoms in total. The maximum absolute atomic E-state index is 11.0. The van der Waals surface area contributed by atoms with Gasteiger partial charge in [0.15, 0.2) is 0 Å². The number of rotatable bonds is 2. The number of nitrogens with two attached hydrogens (primary N) is 1. The normalized spacial score (nSPS) is 18.0.